The van der Waals surface area contributed by atoms with Gasteiger partial charge in [-0.05, 0) is 41.8 Å². The van der Waals surface area contributed by atoms with Crippen LogP contribution in [0.3, 0.4) is 0 Å². The smallest absolute Gasteiger partial charge is 0.164 e. The van der Waals surface area contributed by atoms with E-state index in [-0.39, 0.29) is 0 Å². The summed E-state index contributed by atoms with van der Waals surface area (Å²) < 4.78 is 9.37. The minimum Gasteiger partial charge on any atom is -0.456 e. The number of nitrogens with zero attached hydrogens (tertiary/aromatic N) is 4. The fourth-order valence-corrected chi connectivity index (χ4v) is 8.96. The van der Waals surface area contributed by atoms with Crippen LogP contribution in [0, 0.1) is 0 Å². The molecular formula is C49H30N4OS. The van der Waals surface area contributed by atoms with E-state index in [9.17, 15) is 0 Å². The molecule has 3 heterocycles. The number of aromatic nitrogens is 3. The van der Waals surface area contributed by atoms with Crippen LogP contribution in [0.5, 0.6) is 0 Å². The minimum absolute atomic E-state index is 0.594. The molecule has 5 nitrogen and oxygen atoms in total. The standard InChI is InChI=1S/C49H30N4OS/c1-4-15-31(16-5-1)47-50-48(32-17-6-2-7-18-32)52-49(51-47)39-24-14-25-41-46(39)45-38-23-11-10-21-35(38)40(30-42(45)54-41)53(33-19-8-3-9-20-33)34-27-28-37-36-22-12-13-26-43(36)55-44(37)29-34/h1-30H. The number of hydrogen-bond donors (Lipinski definition) is 0. The fraction of sp³-hybridized carbons (Fsp3) is 0. The number of fused-ring (bicyclic) bond motifs is 8. The van der Waals surface area contributed by atoms with Crippen LogP contribution in [-0.4, -0.2) is 15.0 Å². The highest BCUT2D eigenvalue weighted by Crippen LogP contribution is 2.47. The summed E-state index contributed by atoms with van der Waals surface area (Å²) in [5.74, 6) is 1.84. The Balaban J connectivity index is 1.16. The van der Waals surface area contributed by atoms with E-state index in [0.717, 1.165) is 66.5 Å². The number of para-hydroxylation sites is 1. The number of benzene rings is 8. The molecule has 0 unspecified atom stereocenters. The van der Waals surface area contributed by atoms with Crippen molar-refractivity contribution >= 4 is 81.3 Å². The van der Waals surface area contributed by atoms with Crippen LogP contribution in [0.2, 0.25) is 0 Å². The number of rotatable bonds is 6. The number of anilines is 3. The van der Waals surface area contributed by atoms with Crippen LogP contribution in [0.4, 0.5) is 17.1 Å². The topological polar surface area (TPSA) is 55.1 Å². The summed E-state index contributed by atoms with van der Waals surface area (Å²) in [6.07, 6.45) is 0. The van der Waals surface area contributed by atoms with Crippen LogP contribution >= 0.6 is 11.3 Å². The molecule has 0 saturated heterocycles. The van der Waals surface area contributed by atoms with Gasteiger partial charge in [0.25, 0.3) is 0 Å². The van der Waals surface area contributed by atoms with E-state index >= 15 is 0 Å². The second kappa shape index (κ2) is 12.8. The summed E-state index contributed by atoms with van der Waals surface area (Å²) in [6.45, 7) is 0. The first-order valence-electron chi connectivity index (χ1n) is 18.3. The largest absolute Gasteiger partial charge is 0.456 e. The highest BCUT2D eigenvalue weighted by molar-refractivity contribution is 7.25. The van der Waals surface area contributed by atoms with Crippen molar-refractivity contribution in [3.05, 3.63) is 182 Å². The van der Waals surface area contributed by atoms with Crippen molar-refractivity contribution in [3.8, 4) is 34.2 Å². The van der Waals surface area contributed by atoms with Gasteiger partial charge in [-0.25, -0.2) is 15.0 Å². The number of furan rings is 1. The molecule has 0 bridgehead atoms. The third-order valence-electron chi connectivity index (χ3n) is 10.3. The van der Waals surface area contributed by atoms with Gasteiger partial charge in [0.05, 0.1) is 5.69 Å². The van der Waals surface area contributed by atoms with Crippen LogP contribution in [0.1, 0.15) is 0 Å². The first kappa shape index (κ1) is 31.4. The lowest BCUT2D eigenvalue weighted by Crippen LogP contribution is -2.10. The Hall–Kier alpha value is -7.15. The lowest BCUT2D eigenvalue weighted by atomic mass is 9.98. The molecule has 0 saturated carbocycles. The minimum atomic E-state index is 0.594. The number of thiophene rings is 1. The Morgan fingerprint density at radius 3 is 1.73 bits per heavy atom. The molecule has 0 spiro atoms. The maximum absolute atomic E-state index is 6.83. The second-order valence-electron chi connectivity index (χ2n) is 13.6. The Kier molecular flexibility index (Phi) is 7.28. The molecule has 0 aliphatic rings. The van der Waals surface area contributed by atoms with Crippen molar-refractivity contribution < 1.29 is 4.42 Å². The quantitative estimate of drug-likeness (QED) is 0.171. The first-order chi connectivity index (χ1) is 27.3. The SMILES string of the molecule is c1ccc(-c2nc(-c3ccccc3)nc(-c3cccc4oc5cc(N(c6ccccc6)c6ccc7c(c6)sc6ccccc67)c6ccccc6c5c34)n2)cc1. The molecule has 0 amide bonds. The van der Waals surface area contributed by atoms with E-state index in [4.69, 9.17) is 19.4 Å². The summed E-state index contributed by atoms with van der Waals surface area (Å²) in [5, 5.41) is 6.76. The third-order valence-corrected chi connectivity index (χ3v) is 11.4. The van der Waals surface area contributed by atoms with E-state index in [1.807, 2.05) is 84.1 Å². The van der Waals surface area contributed by atoms with Crippen molar-refractivity contribution in [1.82, 2.24) is 15.0 Å². The van der Waals surface area contributed by atoms with E-state index in [1.54, 1.807) is 0 Å². The van der Waals surface area contributed by atoms with Gasteiger partial charge in [-0.3, -0.25) is 0 Å². The van der Waals surface area contributed by atoms with Crippen molar-refractivity contribution in [2.24, 2.45) is 0 Å². The molecule has 0 atom stereocenters. The summed E-state index contributed by atoms with van der Waals surface area (Å²) in [4.78, 5) is 17.5. The van der Waals surface area contributed by atoms with Gasteiger partial charge in [0, 0.05) is 70.5 Å². The summed E-state index contributed by atoms with van der Waals surface area (Å²) in [6, 6.07) is 63.2. The Bertz CT molecular complexity index is 3150. The lowest BCUT2D eigenvalue weighted by molar-refractivity contribution is 0.669. The van der Waals surface area contributed by atoms with Crippen LogP contribution in [0.25, 0.3) is 87.0 Å². The highest BCUT2D eigenvalue weighted by Gasteiger charge is 2.23. The van der Waals surface area contributed by atoms with E-state index in [2.05, 4.69) is 114 Å². The Labute approximate surface area is 320 Å². The molecule has 11 aromatic rings. The van der Waals surface area contributed by atoms with Crippen LogP contribution in [-0.2, 0) is 0 Å². The Morgan fingerprint density at radius 1 is 0.400 bits per heavy atom. The summed E-state index contributed by atoms with van der Waals surface area (Å²) >= 11 is 1.83. The van der Waals surface area contributed by atoms with Crippen LogP contribution < -0.4 is 4.90 Å². The summed E-state index contributed by atoms with van der Waals surface area (Å²) in [5.41, 5.74) is 7.50. The summed E-state index contributed by atoms with van der Waals surface area (Å²) in [7, 11) is 0. The van der Waals surface area contributed by atoms with Gasteiger partial charge in [-0.1, -0.05) is 140 Å². The lowest BCUT2D eigenvalue weighted by Gasteiger charge is -2.27. The molecule has 0 N–H and O–H groups in total. The van der Waals surface area contributed by atoms with Gasteiger partial charge in [-0.15, -0.1) is 11.3 Å². The van der Waals surface area contributed by atoms with E-state index in [0.29, 0.717) is 17.5 Å². The molecule has 0 radical (unpaired) electrons. The highest BCUT2D eigenvalue weighted by atomic mass is 32.1. The second-order valence-corrected chi connectivity index (χ2v) is 14.7. The van der Waals surface area contributed by atoms with Crippen molar-refractivity contribution in [2.75, 3.05) is 4.90 Å². The zero-order chi connectivity index (χ0) is 36.3. The van der Waals surface area contributed by atoms with E-state index in [1.165, 1.54) is 20.2 Å². The van der Waals surface area contributed by atoms with Gasteiger partial charge in [0.1, 0.15) is 11.2 Å². The number of hydrogen-bond acceptors (Lipinski definition) is 6. The monoisotopic (exact) mass is 722 g/mol. The zero-order valence-corrected chi connectivity index (χ0v) is 30.2. The zero-order valence-electron chi connectivity index (χ0n) is 29.4. The predicted octanol–water partition coefficient (Wildman–Crippen LogP) is 13.8. The van der Waals surface area contributed by atoms with Crippen LogP contribution in [0.15, 0.2) is 186 Å². The van der Waals surface area contributed by atoms with Gasteiger partial charge in [0.15, 0.2) is 17.5 Å². The average Bonchev–Trinajstić information content (AvgIpc) is 3.83. The normalized spacial score (nSPS) is 11.6. The van der Waals surface area contributed by atoms with Gasteiger partial charge < -0.3 is 9.32 Å². The van der Waals surface area contributed by atoms with Gasteiger partial charge in [-0.2, -0.15) is 0 Å². The maximum atomic E-state index is 6.83. The van der Waals surface area contributed by atoms with E-state index < -0.39 is 0 Å². The third kappa shape index (κ3) is 5.26. The van der Waals surface area contributed by atoms with Crippen molar-refractivity contribution in [2.45, 2.75) is 0 Å². The van der Waals surface area contributed by atoms with Crippen molar-refractivity contribution in [3.63, 3.8) is 0 Å². The fourth-order valence-electron chi connectivity index (χ4n) is 7.82. The predicted molar refractivity (Wildman–Crippen MR) is 228 cm³/mol. The molecule has 11 rings (SSSR count). The molecule has 6 heteroatoms. The maximum Gasteiger partial charge on any atom is 0.164 e. The molecule has 0 fully saturated rings. The van der Waals surface area contributed by atoms with Gasteiger partial charge >= 0.3 is 0 Å². The molecule has 55 heavy (non-hydrogen) atoms. The molecule has 0 aliphatic carbocycles. The molecular weight excluding hydrogens is 693 g/mol. The average molecular weight is 723 g/mol. The molecule has 8 aromatic carbocycles. The molecule has 258 valence electrons. The molecule has 3 aromatic heterocycles. The Morgan fingerprint density at radius 2 is 1.00 bits per heavy atom. The van der Waals surface area contributed by atoms with Gasteiger partial charge in [0.2, 0.25) is 0 Å². The molecule has 0 aliphatic heterocycles. The van der Waals surface area contributed by atoms with Crippen molar-refractivity contribution in [1.29, 1.82) is 0 Å². The first-order valence-corrected chi connectivity index (χ1v) is 19.1.